The molecule has 0 saturated heterocycles. The Hall–Kier alpha value is -1.31. The summed E-state index contributed by atoms with van der Waals surface area (Å²) < 4.78 is 17.9. The Morgan fingerprint density at radius 1 is 1.50 bits per heavy atom. The molecule has 0 amide bonds. The predicted molar refractivity (Wildman–Crippen MR) is 47.2 cm³/mol. The van der Waals surface area contributed by atoms with Crippen molar-refractivity contribution in [2.24, 2.45) is 0 Å². The number of hydrogen-bond acceptors (Lipinski definition) is 1. The van der Waals surface area contributed by atoms with Gasteiger partial charge in [-0.05, 0) is 19.1 Å². The average molecular weight is 166 g/mol. The van der Waals surface area contributed by atoms with Crippen molar-refractivity contribution >= 4 is 5.76 Å². The van der Waals surface area contributed by atoms with Crippen LogP contribution in [0.5, 0.6) is 0 Å². The monoisotopic (exact) mass is 166 g/mol. The Kier molecular flexibility index (Phi) is 2.48. The zero-order valence-corrected chi connectivity index (χ0v) is 7.23. The van der Waals surface area contributed by atoms with Gasteiger partial charge in [0.2, 0.25) is 0 Å². The first-order chi connectivity index (χ1) is 5.65. The van der Waals surface area contributed by atoms with Crippen LogP contribution in [-0.2, 0) is 4.74 Å². The van der Waals surface area contributed by atoms with Crippen molar-refractivity contribution in [2.45, 2.75) is 6.92 Å². The second-order valence-electron chi connectivity index (χ2n) is 2.61. The summed E-state index contributed by atoms with van der Waals surface area (Å²) in [5.74, 6) is 0.0589. The van der Waals surface area contributed by atoms with Crippen LogP contribution >= 0.6 is 0 Å². The van der Waals surface area contributed by atoms with Crippen molar-refractivity contribution in [1.82, 2.24) is 0 Å². The minimum Gasteiger partial charge on any atom is -0.497 e. The van der Waals surface area contributed by atoms with E-state index in [9.17, 15) is 4.39 Å². The summed E-state index contributed by atoms with van der Waals surface area (Å²) in [4.78, 5) is 0. The van der Waals surface area contributed by atoms with Crippen molar-refractivity contribution in [2.75, 3.05) is 7.11 Å². The Balaban J connectivity index is 3.13. The van der Waals surface area contributed by atoms with Gasteiger partial charge in [-0.2, -0.15) is 0 Å². The number of benzene rings is 1. The molecule has 0 spiro atoms. The molecule has 1 nitrogen and oxygen atoms in total. The molecule has 0 fully saturated rings. The molecule has 12 heavy (non-hydrogen) atoms. The zero-order valence-electron chi connectivity index (χ0n) is 7.23. The molecule has 1 aromatic rings. The molecule has 1 aromatic carbocycles. The van der Waals surface area contributed by atoms with Crippen LogP contribution in [0.2, 0.25) is 0 Å². The van der Waals surface area contributed by atoms with Gasteiger partial charge in [0.15, 0.2) is 0 Å². The minimum atomic E-state index is -0.299. The van der Waals surface area contributed by atoms with Gasteiger partial charge in [0.1, 0.15) is 11.6 Å². The van der Waals surface area contributed by atoms with Crippen LogP contribution in [0.4, 0.5) is 4.39 Å². The molecule has 0 aromatic heterocycles. The Morgan fingerprint density at radius 3 is 2.75 bits per heavy atom. The summed E-state index contributed by atoms with van der Waals surface area (Å²) in [6, 6.07) is 4.83. The van der Waals surface area contributed by atoms with Crippen molar-refractivity contribution in [3.8, 4) is 0 Å². The average Bonchev–Trinajstić information content (AvgIpc) is 2.08. The maximum absolute atomic E-state index is 13.1. The lowest BCUT2D eigenvalue weighted by molar-refractivity contribution is 0.368. The number of ether oxygens (including phenoxy) is 1. The maximum atomic E-state index is 13.1. The molecule has 0 saturated carbocycles. The van der Waals surface area contributed by atoms with E-state index in [1.807, 2.05) is 6.92 Å². The van der Waals surface area contributed by atoms with Crippen molar-refractivity contribution in [3.05, 3.63) is 41.7 Å². The third-order valence-corrected chi connectivity index (χ3v) is 1.67. The highest BCUT2D eigenvalue weighted by molar-refractivity contribution is 5.58. The third kappa shape index (κ3) is 1.64. The Labute approximate surface area is 71.5 Å². The van der Waals surface area contributed by atoms with Crippen LogP contribution < -0.4 is 0 Å². The lowest BCUT2D eigenvalue weighted by atomic mass is 10.1. The summed E-state index contributed by atoms with van der Waals surface area (Å²) in [6.07, 6.45) is 0. The van der Waals surface area contributed by atoms with Gasteiger partial charge in [0.05, 0.1) is 12.7 Å². The highest BCUT2D eigenvalue weighted by atomic mass is 19.1. The number of hydrogen-bond donors (Lipinski definition) is 0. The molecule has 0 atom stereocenters. The molecule has 64 valence electrons. The first-order valence-electron chi connectivity index (χ1n) is 3.64. The van der Waals surface area contributed by atoms with Crippen LogP contribution in [0.15, 0.2) is 24.8 Å². The number of methoxy groups -OCH3 is 1. The fraction of sp³-hybridized carbons (Fsp3) is 0.200. The van der Waals surface area contributed by atoms with E-state index in [0.717, 1.165) is 5.56 Å². The maximum Gasteiger partial charge on any atom is 0.134 e. The summed E-state index contributed by atoms with van der Waals surface area (Å²) in [5.41, 5.74) is 1.42. The van der Waals surface area contributed by atoms with Crippen molar-refractivity contribution in [3.63, 3.8) is 0 Å². The molecule has 1 rings (SSSR count). The second kappa shape index (κ2) is 3.39. The van der Waals surface area contributed by atoms with E-state index in [4.69, 9.17) is 4.74 Å². The summed E-state index contributed by atoms with van der Waals surface area (Å²) in [7, 11) is 1.48. The standard InChI is InChI=1S/C10H11FO/c1-7-4-5-10(11)9(6-7)8(2)12-3/h4-6H,2H2,1,3H3. The number of rotatable bonds is 2. The van der Waals surface area contributed by atoms with Gasteiger partial charge in [0.25, 0.3) is 0 Å². The zero-order chi connectivity index (χ0) is 9.14. The normalized spacial score (nSPS) is 9.58. The molecule has 0 unspecified atom stereocenters. The van der Waals surface area contributed by atoms with Gasteiger partial charge in [-0.3, -0.25) is 0 Å². The molecule has 0 N–H and O–H groups in total. The first-order valence-corrected chi connectivity index (χ1v) is 3.64. The highest BCUT2D eigenvalue weighted by Gasteiger charge is 2.05. The van der Waals surface area contributed by atoms with Gasteiger partial charge in [-0.25, -0.2) is 4.39 Å². The predicted octanol–water partition coefficient (Wildman–Crippen LogP) is 2.75. The molecule has 0 aliphatic carbocycles. The van der Waals surface area contributed by atoms with E-state index >= 15 is 0 Å². The second-order valence-corrected chi connectivity index (χ2v) is 2.61. The van der Waals surface area contributed by atoms with E-state index in [0.29, 0.717) is 11.3 Å². The summed E-state index contributed by atoms with van der Waals surface area (Å²) in [5, 5.41) is 0. The van der Waals surface area contributed by atoms with E-state index in [1.54, 1.807) is 12.1 Å². The summed E-state index contributed by atoms with van der Waals surface area (Å²) >= 11 is 0. The van der Waals surface area contributed by atoms with Crippen molar-refractivity contribution in [1.29, 1.82) is 0 Å². The largest absolute Gasteiger partial charge is 0.497 e. The van der Waals surface area contributed by atoms with Crippen molar-refractivity contribution < 1.29 is 9.13 Å². The van der Waals surface area contributed by atoms with Gasteiger partial charge in [-0.15, -0.1) is 0 Å². The van der Waals surface area contributed by atoms with Crippen LogP contribution in [-0.4, -0.2) is 7.11 Å². The van der Waals surface area contributed by atoms with E-state index in [2.05, 4.69) is 6.58 Å². The Bertz CT molecular complexity index is 305. The van der Waals surface area contributed by atoms with Gasteiger partial charge < -0.3 is 4.74 Å². The molecule has 0 bridgehead atoms. The molecule has 0 heterocycles. The lowest BCUT2D eigenvalue weighted by Gasteiger charge is -2.05. The third-order valence-electron chi connectivity index (χ3n) is 1.67. The molecule has 0 radical (unpaired) electrons. The molecular formula is C10H11FO. The summed E-state index contributed by atoms with van der Waals surface area (Å²) in [6.45, 7) is 5.48. The van der Waals surface area contributed by atoms with Crippen LogP contribution in [0.25, 0.3) is 5.76 Å². The fourth-order valence-corrected chi connectivity index (χ4v) is 0.963. The van der Waals surface area contributed by atoms with Gasteiger partial charge in [0, 0.05) is 0 Å². The number of halogens is 1. The van der Waals surface area contributed by atoms with E-state index in [1.165, 1.54) is 13.2 Å². The van der Waals surface area contributed by atoms with E-state index in [-0.39, 0.29) is 5.82 Å². The first kappa shape index (κ1) is 8.78. The van der Waals surface area contributed by atoms with Gasteiger partial charge >= 0.3 is 0 Å². The molecule has 0 aliphatic heterocycles. The van der Waals surface area contributed by atoms with Gasteiger partial charge in [-0.1, -0.05) is 18.2 Å². The molecular weight excluding hydrogens is 155 g/mol. The Morgan fingerprint density at radius 2 is 2.17 bits per heavy atom. The fourth-order valence-electron chi connectivity index (χ4n) is 0.963. The minimum absolute atomic E-state index is 0.299. The highest BCUT2D eigenvalue weighted by Crippen LogP contribution is 2.18. The molecule has 0 aliphatic rings. The molecule has 2 heteroatoms. The number of aryl methyl sites for hydroxylation is 1. The van der Waals surface area contributed by atoms with Crippen LogP contribution in [0, 0.1) is 12.7 Å². The smallest absolute Gasteiger partial charge is 0.134 e. The SMILES string of the molecule is C=C(OC)c1cc(C)ccc1F. The topological polar surface area (TPSA) is 9.23 Å². The van der Waals surface area contributed by atoms with Crippen LogP contribution in [0.1, 0.15) is 11.1 Å². The lowest BCUT2D eigenvalue weighted by Crippen LogP contribution is -1.91. The van der Waals surface area contributed by atoms with Crippen LogP contribution in [0.3, 0.4) is 0 Å². The quantitative estimate of drug-likeness (QED) is 0.614. The van der Waals surface area contributed by atoms with E-state index < -0.39 is 0 Å².